The molecule has 3 rings (SSSR count). The van der Waals surface area contributed by atoms with E-state index in [1.165, 1.54) is 5.56 Å². The van der Waals surface area contributed by atoms with Gasteiger partial charge in [0, 0.05) is 5.69 Å². The first-order valence-electron chi connectivity index (χ1n) is 7.65. The van der Waals surface area contributed by atoms with Crippen molar-refractivity contribution >= 4 is 17.3 Å². The lowest BCUT2D eigenvalue weighted by atomic mass is 9.99. The summed E-state index contributed by atoms with van der Waals surface area (Å²) in [6, 6.07) is 7.71. The molecule has 120 valence electrons. The SMILES string of the molecule is CCc1ccc(NC(=O)CON=C2CCCc3nonc32)cc1. The molecule has 23 heavy (non-hydrogen) atoms. The van der Waals surface area contributed by atoms with E-state index in [2.05, 4.69) is 27.7 Å². The number of fused-ring (bicyclic) bond motifs is 1. The van der Waals surface area contributed by atoms with Gasteiger partial charge in [-0.3, -0.25) is 4.79 Å². The molecule has 1 aromatic carbocycles. The van der Waals surface area contributed by atoms with Crippen LogP contribution in [0.2, 0.25) is 0 Å². The number of carbonyl (C=O) groups is 1. The lowest BCUT2D eigenvalue weighted by molar-refractivity contribution is -0.120. The molecule has 0 aliphatic heterocycles. The second-order valence-corrected chi connectivity index (χ2v) is 5.32. The highest BCUT2D eigenvalue weighted by Crippen LogP contribution is 2.18. The van der Waals surface area contributed by atoms with Gasteiger partial charge >= 0.3 is 0 Å². The molecule has 1 aliphatic rings. The Hall–Kier alpha value is -2.70. The van der Waals surface area contributed by atoms with Crippen LogP contribution in [0.25, 0.3) is 0 Å². The maximum Gasteiger partial charge on any atom is 0.265 e. The number of benzene rings is 1. The maximum atomic E-state index is 11.9. The molecule has 0 spiro atoms. The van der Waals surface area contributed by atoms with Crippen LogP contribution in [0.1, 0.15) is 36.7 Å². The number of nitrogens with zero attached hydrogens (tertiary/aromatic N) is 3. The second-order valence-electron chi connectivity index (χ2n) is 5.32. The molecule has 1 aromatic heterocycles. The summed E-state index contributed by atoms with van der Waals surface area (Å²) in [5.41, 5.74) is 4.06. The van der Waals surface area contributed by atoms with Gasteiger partial charge in [-0.25, -0.2) is 4.63 Å². The zero-order valence-electron chi connectivity index (χ0n) is 12.9. The Bertz CT molecular complexity index is 706. The molecule has 1 aliphatic carbocycles. The Morgan fingerprint density at radius 1 is 1.30 bits per heavy atom. The van der Waals surface area contributed by atoms with Gasteiger partial charge in [0.1, 0.15) is 11.4 Å². The minimum absolute atomic E-state index is 0.153. The molecule has 7 nitrogen and oxygen atoms in total. The summed E-state index contributed by atoms with van der Waals surface area (Å²) in [5, 5.41) is 14.4. The Morgan fingerprint density at radius 2 is 2.13 bits per heavy atom. The van der Waals surface area contributed by atoms with Gasteiger partial charge in [0.15, 0.2) is 12.3 Å². The number of aryl methyl sites for hydroxylation is 2. The fourth-order valence-electron chi connectivity index (χ4n) is 2.41. The molecule has 0 bridgehead atoms. The quantitative estimate of drug-likeness (QED) is 0.855. The van der Waals surface area contributed by atoms with Crippen LogP contribution in [0.5, 0.6) is 0 Å². The number of carbonyl (C=O) groups excluding carboxylic acids is 1. The number of hydrogen-bond acceptors (Lipinski definition) is 6. The summed E-state index contributed by atoms with van der Waals surface area (Å²) in [5.74, 6) is -0.257. The molecule has 0 atom stereocenters. The van der Waals surface area contributed by atoms with Gasteiger partial charge in [0.25, 0.3) is 5.91 Å². The molecule has 7 heteroatoms. The molecular formula is C16H18N4O3. The number of aromatic nitrogens is 2. The smallest absolute Gasteiger partial charge is 0.265 e. The van der Waals surface area contributed by atoms with E-state index in [0.717, 1.165) is 37.1 Å². The van der Waals surface area contributed by atoms with Crippen molar-refractivity contribution in [2.24, 2.45) is 5.16 Å². The van der Waals surface area contributed by atoms with Crippen molar-refractivity contribution in [1.82, 2.24) is 10.3 Å². The number of nitrogens with one attached hydrogen (secondary N) is 1. The summed E-state index contributed by atoms with van der Waals surface area (Å²) in [6.45, 7) is 1.93. The minimum Gasteiger partial charge on any atom is -0.385 e. The third-order valence-electron chi connectivity index (χ3n) is 3.67. The fraction of sp³-hybridized carbons (Fsp3) is 0.375. The molecule has 1 N–H and O–H groups in total. The topological polar surface area (TPSA) is 89.6 Å². The Labute approximate surface area is 133 Å². The lowest BCUT2D eigenvalue weighted by Gasteiger charge is -2.09. The van der Waals surface area contributed by atoms with Crippen LogP contribution >= 0.6 is 0 Å². The summed E-state index contributed by atoms with van der Waals surface area (Å²) in [6.07, 6.45) is 3.44. The van der Waals surface area contributed by atoms with Gasteiger partial charge in [-0.05, 0) is 48.5 Å². The normalized spacial score (nSPS) is 15.3. The van der Waals surface area contributed by atoms with E-state index < -0.39 is 0 Å². The first kappa shape index (κ1) is 15.2. The fourth-order valence-corrected chi connectivity index (χ4v) is 2.41. The summed E-state index contributed by atoms with van der Waals surface area (Å²) >= 11 is 0. The summed E-state index contributed by atoms with van der Waals surface area (Å²) < 4.78 is 4.71. The van der Waals surface area contributed by atoms with Gasteiger partial charge in [-0.15, -0.1) is 0 Å². The van der Waals surface area contributed by atoms with Crippen molar-refractivity contribution in [3.05, 3.63) is 41.2 Å². The van der Waals surface area contributed by atoms with Crippen LogP contribution in [0.4, 0.5) is 5.69 Å². The van der Waals surface area contributed by atoms with Crippen LogP contribution < -0.4 is 5.32 Å². The molecule has 1 heterocycles. The molecule has 2 aromatic rings. The molecule has 1 amide bonds. The molecule has 0 radical (unpaired) electrons. The average molecular weight is 314 g/mol. The average Bonchev–Trinajstić information content (AvgIpc) is 3.05. The van der Waals surface area contributed by atoms with Crippen molar-refractivity contribution in [2.45, 2.75) is 32.6 Å². The first-order valence-corrected chi connectivity index (χ1v) is 7.65. The highest BCUT2D eigenvalue weighted by Gasteiger charge is 2.21. The summed E-state index contributed by atoms with van der Waals surface area (Å²) in [7, 11) is 0. The third-order valence-corrected chi connectivity index (χ3v) is 3.67. The van der Waals surface area contributed by atoms with E-state index in [1.54, 1.807) is 0 Å². The maximum absolute atomic E-state index is 11.9. The number of hydrogen-bond donors (Lipinski definition) is 1. The highest BCUT2D eigenvalue weighted by molar-refractivity contribution is 6.00. The minimum atomic E-state index is -0.257. The lowest BCUT2D eigenvalue weighted by Crippen LogP contribution is -2.18. The van der Waals surface area contributed by atoms with E-state index in [9.17, 15) is 4.79 Å². The first-order chi connectivity index (χ1) is 11.3. The zero-order valence-corrected chi connectivity index (χ0v) is 12.9. The zero-order chi connectivity index (χ0) is 16.1. The van der Waals surface area contributed by atoms with E-state index in [0.29, 0.717) is 11.4 Å². The number of oxime groups is 1. The summed E-state index contributed by atoms with van der Waals surface area (Å²) in [4.78, 5) is 17.0. The van der Waals surface area contributed by atoms with Crippen LogP contribution in [0.15, 0.2) is 34.1 Å². The van der Waals surface area contributed by atoms with Crippen molar-refractivity contribution in [2.75, 3.05) is 11.9 Å². The van der Waals surface area contributed by atoms with Gasteiger partial charge in [-0.2, -0.15) is 0 Å². The van der Waals surface area contributed by atoms with Gasteiger partial charge in [0.05, 0.1) is 0 Å². The van der Waals surface area contributed by atoms with Gasteiger partial charge in [-0.1, -0.05) is 29.4 Å². The molecule has 0 fully saturated rings. The Balaban J connectivity index is 1.52. The van der Waals surface area contributed by atoms with Crippen LogP contribution in [0.3, 0.4) is 0 Å². The molecule has 0 saturated carbocycles. The van der Waals surface area contributed by atoms with E-state index in [4.69, 9.17) is 9.47 Å². The number of anilines is 1. The predicted molar refractivity (Wildman–Crippen MR) is 84.2 cm³/mol. The van der Waals surface area contributed by atoms with Crippen molar-refractivity contribution in [3.63, 3.8) is 0 Å². The van der Waals surface area contributed by atoms with Crippen LogP contribution in [0, 0.1) is 0 Å². The van der Waals surface area contributed by atoms with Gasteiger partial charge in [0.2, 0.25) is 0 Å². The predicted octanol–water partition coefficient (Wildman–Crippen LogP) is 2.33. The van der Waals surface area contributed by atoms with Crippen LogP contribution in [-0.4, -0.2) is 28.5 Å². The highest BCUT2D eigenvalue weighted by atomic mass is 16.6. The molecule has 0 unspecified atom stereocenters. The van der Waals surface area contributed by atoms with E-state index >= 15 is 0 Å². The second kappa shape index (κ2) is 7.04. The monoisotopic (exact) mass is 314 g/mol. The van der Waals surface area contributed by atoms with E-state index in [1.807, 2.05) is 24.3 Å². The third kappa shape index (κ3) is 3.74. The van der Waals surface area contributed by atoms with Gasteiger partial charge < -0.3 is 10.2 Å². The van der Waals surface area contributed by atoms with Crippen LogP contribution in [-0.2, 0) is 22.5 Å². The Morgan fingerprint density at radius 3 is 2.91 bits per heavy atom. The Kier molecular flexibility index (Phi) is 4.65. The van der Waals surface area contributed by atoms with E-state index in [-0.39, 0.29) is 12.5 Å². The van der Waals surface area contributed by atoms with Crippen molar-refractivity contribution in [1.29, 1.82) is 0 Å². The molecule has 0 saturated heterocycles. The standard InChI is InChI=1S/C16H18N4O3/c1-2-11-6-8-12(9-7-11)17-15(21)10-22-18-13-4-3-5-14-16(13)20-23-19-14/h6-9H,2-5,10H2,1H3,(H,17,21). The number of rotatable bonds is 5. The number of amides is 1. The molecular weight excluding hydrogens is 296 g/mol. The largest absolute Gasteiger partial charge is 0.385 e. The van der Waals surface area contributed by atoms with Crippen molar-refractivity contribution in [3.8, 4) is 0 Å². The van der Waals surface area contributed by atoms with Crippen molar-refractivity contribution < 1.29 is 14.3 Å².